The van der Waals surface area contributed by atoms with Gasteiger partial charge in [0, 0.05) is 25.5 Å². The predicted molar refractivity (Wildman–Crippen MR) is 155 cm³/mol. The lowest BCUT2D eigenvalue weighted by atomic mass is 10.1. The summed E-state index contributed by atoms with van der Waals surface area (Å²) in [5.74, 6) is 1.47. The number of amides is 1. The number of likely N-dealkylation sites (tertiary alicyclic amines) is 1. The summed E-state index contributed by atoms with van der Waals surface area (Å²) in [6.07, 6.45) is 3.84. The maximum atomic E-state index is 13.0. The van der Waals surface area contributed by atoms with Crippen molar-refractivity contribution in [3.63, 3.8) is 0 Å². The van der Waals surface area contributed by atoms with Gasteiger partial charge in [-0.3, -0.25) is 4.90 Å². The van der Waals surface area contributed by atoms with Crippen molar-refractivity contribution in [3.05, 3.63) is 41.6 Å². The highest BCUT2D eigenvalue weighted by atomic mass is 16.6. The number of carbonyl (C=O) groups excluding carboxylic acids is 2. The van der Waals surface area contributed by atoms with E-state index in [0.717, 1.165) is 53.1 Å². The molecule has 3 aromatic heterocycles. The van der Waals surface area contributed by atoms with Gasteiger partial charge >= 0.3 is 12.1 Å². The number of carbonyl (C=O) groups is 2. The van der Waals surface area contributed by atoms with Gasteiger partial charge in [-0.1, -0.05) is 0 Å². The zero-order valence-corrected chi connectivity index (χ0v) is 24.6. The van der Waals surface area contributed by atoms with Gasteiger partial charge in [0.05, 0.1) is 42.7 Å². The molecule has 4 aromatic rings. The molecule has 1 aromatic carbocycles. The number of pyridine rings is 1. The molecule has 4 heterocycles. The Labute approximate surface area is 239 Å². The predicted octanol–water partition coefficient (Wildman–Crippen LogP) is 5.87. The summed E-state index contributed by atoms with van der Waals surface area (Å²) in [5, 5.41) is 1.01. The van der Waals surface area contributed by atoms with Crippen LogP contribution < -0.4 is 4.74 Å². The Hall–Kier alpha value is -4.08. The van der Waals surface area contributed by atoms with Crippen LogP contribution in [0.15, 0.2) is 30.3 Å². The Morgan fingerprint density at radius 1 is 1.05 bits per heavy atom. The zero-order valence-electron chi connectivity index (χ0n) is 24.6. The fraction of sp³-hybridized carbons (Fsp3) is 0.484. The third kappa shape index (κ3) is 5.00. The molecule has 1 amide bonds. The molecule has 0 unspecified atom stereocenters. The molecule has 1 atom stereocenters. The van der Waals surface area contributed by atoms with Crippen LogP contribution >= 0.6 is 0 Å². The first-order valence-electron chi connectivity index (χ1n) is 14.2. The standard InChI is InChI=1S/C31H37N5O5/c1-31(2,3)41-30(38)35-13-7-8-23(35)21-12-11-19-15-24(36(27(19)32-21)17-18-9-10-18)28-33-22-14-20(29(37)40-6)16-25(39-5)26(22)34(28)4/h11-12,14-16,18,23H,7-10,13,17H2,1-6H3/t23-/m1/s1. The minimum atomic E-state index is -0.554. The van der Waals surface area contributed by atoms with Crippen molar-refractivity contribution >= 4 is 34.1 Å². The molecule has 1 saturated carbocycles. The highest BCUT2D eigenvalue weighted by molar-refractivity contribution is 5.97. The van der Waals surface area contributed by atoms with Crippen molar-refractivity contribution in [2.24, 2.45) is 13.0 Å². The first-order valence-corrected chi connectivity index (χ1v) is 14.2. The van der Waals surface area contributed by atoms with E-state index in [9.17, 15) is 9.59 Å². The summed E-state index contributed by atoms with van der Waals surface area (Å²) in [7, 11) is 4.90. The van der Waals surface area contributed by atoms with Crippen LogP contribution in [-0.4, -0.2) is 62.4 Å². The third-order valence-corrected chi connectivity index (χ3v) is 7.93. The molecular weight excluding hydrogens is 522 g/mol. The Bertz CT molecular complexity index is 1660. The average molecular weight is 560 g/mol. The van der Waals surface area contributed by atoms with E-state index in [2.05, 4.69) is 16.7 Å². The van der Waals surface area contributed by atoms with Crippen molar-refractivity contribution in [2.45, 2.75) is 64.6 Å². The largest absolute Gasteiger partial charge is 0.494 e. The maximum absolute atomic E-state index is 13.0. The van der Waals surface area contributed by atoms with Gasteiger partial charge in [-0.2, -0.15) is 0 Å². The number of hydrogen-bond acceptors (Lipinski definition) is 7. The van der Waals surface area contributed by atoms with E-state index in [-0.39, 0.29) is 12.1 Å². The first kappa shape index (κ1) is 27.1. The van der Waals surface area contributed by atoms with Crippen molar-refractivity contribution in [2.75, 3.05) is 20.8 Å². The monoisotopic (exact) mass is 559 g/mol. The number of ether oxygens (including phenoxy) is 3. The number of imidazole rings is 1. The molecular formula is C31H37N5O5. The van der Waals surface area contributed by atoms with Crippen LogP contribution in [0.1, 0.15) is 68.5 Å². The number of rotatable bonds is 6. The summed E-state index contributed by atoms with van der Waals surface area (Å²) in [5.41, 5.74) is 3.99. The molecule has 10 heteroatoms. The molecule has 0 radical (unpaired) electrons. The van der Waals surface area contributed by atoms with Gasteiger partial charge in [-0.15, -0.1) is 0 Å². The van der Waals surface area contributed by atoms with Crippen LogP contribution in [0, 0.1) is 5.92 Å². The molecule has 1 aliphatic carbocycles. The highest BCUT2D eigenvalue weighted by Gasteiger charge is 2.35. The second kappa shape index (κ2) is 10.1. The minimum absolute atomic E-state index is 0.126. The lowest BCUT2D eigenvalue weighted by Crippen LogP contribution is -2.36. The van der Waals surface area contributed by atoms with E-state index in [1.54, 1.807) is 19.2 Å². The lowest BCUT2D eigenvalue weighted by molar-refractivity contribution is 0.0221. The molecule has 41 heavy (non-hydrogen) atoms. The normalized spacial score (nSPS) is 17.4. The summed E-state index contributed by atoms with van der Waals surface area (Å²) in [6.45, 7) is 7.16. The van der Waals surface area contributed by atoms with E-state index < -0.39 is 11.6 Å². The van der Waals surface area contributed by atoms with Crippen LogP contribution in [0.2, 0.25) is 0 Å². The van der Waals surface area contributed by atoms with E-state index in [0.29, 0.717) is 29.3 Å². The SMILES string of the molecule is COC(=O)c1cc(OC)c2c(c1)nc(-c1cc3ccc([C@H]4CCCN4C(=O)OC(C)(C)C)nc3n1CC1CC1)n2C. The van der Waals surface area contributed by atoms with Gasteiger partial charge in [-0.05, 0) is 82.7 Å². The van der Waals surface area contributed by atoms with Crippen LogP contribution in [-0.2, 0) is 23.1 Å². The number of aryl methyl sites for hydroxylation is 1. The molecule has 0 spiro atoms. The fourth-order valence-corrected chi connectivity index (χ4v) is 5.80. The molecule has 6 rings (SSSR count). The number of fused-ring (bicyclic) bond motifs is 2. The molecule has 2 aliphatic rings. The maximum Gasteiger partial charge on any atom is 0.410 e. The third-order valence-electron chi connectivity index (χ3n) is 7.93. The van der Waals surface area contributed by atoms with Crippen LogP contribution in [0.5, 0.6) is 5.75 Å². The Morgan fingerprint density at radius 2 is 1.83 bits per heavy atom. The molecule has 0 N–H and O–H groups in total. The summed E-state index contributed by atoms with van der Waals surface area (Å²) in [6, 6.07) is 9.55. The van der Waals surface area contributed by atoms with Crippen molar-refractivity contribution in [3.8, 4) is 17.3 Å². The van der Waals surface area contributed by atoms with E-state index in [1.165, 1.54) is 20.0 Å². The van der Waals surface area contributed by atoms with Gasteiger partial charge in [0.15, 0.2) is 5.82 Å². The van der Waals surface area contributed by atoms with Crippen molar-refractivity contribution < 1.29 is 23.8 Å². The van der Waals surface area contributed by atoms with Crippen LogP contribution in [0.4, 0.5) is 4.79 Å². The van der Waals surface area contributed by atoms with Gasteiger partial charge in [0.2, 0.25) is 0 Å². The lowest BCUT2D eigenvalue weighted by Gasteiger charge is -2.28. The number of hydrogen-bond donors (Lipinski definition) is 0. The molecule has 1 saturated heterocycles. The Kier molecular flexibility index (Phi) is 6.66. The van der Waals surface area contributed by atoms with Crippen molar-refractivity contribution in [1.29, 1.82) is 0 Å². The number of benzene rings is 1. The summed E-state index contributed by atoms with van der Waals surface area (Å²) < 4.78 is 20.6. The minimum Gasteiger partial charge on any atom is -0.494 e. The molecule has 10 nitrogen and oxygen atoms in total. The number of methoxy groups -OCH3 is 2. The van der Waals surface area contributed by atoms with Crippen molar-refractivity contribution in [1.82, 2.24) is 24.0 Å². The van der Waals surface area contributed by atoms with Gasteiger partial charge in [-0.25, -0.2) is 19.6 Å². The molecule has 216 valence electrons. The fourth-order valence-electron chi connectivity index (χ4n) is 5.80. The number of esters is 1. The quantitative estimate of drug-likeness (QED) is 0.273. The molecule has 1 aliphatic heterocycles. The highest BCUT2D eigenvalue weighted by Crippen LogP contribution is 2.39. The van der Waals surface area contributed by atoms with Crippen LogP contribution in [0.3, 0.4) is 0 Å². The van der Waals surface area contributed by atoms with Gasteiger partial charge < -0.3 is 23.3 Å². The summed E-state index contributed by atoms with van der Waals surface area (Å²) in [4.78, 5) is 37.3. The topological polar surface area (TPSA) is 101 Å². The van der Waals surface area contributed by atoms with E-state index in [4.69, 9.17) is 24.2 Å². The van der Waals surface area contributed by atoms with E-state index >= 15 is 0 Å². The van der Waals surface area contributed by atoms with E-state index in [1.807, 2.05) is 43.4 Å². The Balaban J connectivity index is 1.45. The smallest absolute Gasteiger partial charge is 0.410 e. The number of nitrogens with zero attached hydrogens (tertiary/aromatic N) is 5. The molecule has 2 fully saturated rings. The average Bonchev–Trinajstić information content (AvgIpc) is 3.34. The van der Waals surface area contributed by atoms with Gasteiger partial charge in [0.1, 0.15) is 22.5 Å². The second-order valence-electron chi connectivity index (χ2n) is 12.1. The van der Waals surface area contributed by atoms with Crippen LogP contribution in [0.25, 0.3) is 33.6 Å². The van der Waals surface area contributed by atoms with Gasteiger partial charge in [0.25, 0.3) is 0 Å². The zero-order chi connectivity index (χ0) is 29.1. The number of aromatic nitrogens is 4. The Morgan fingerprint density at radius 3 is 2.51 bits per heavy atom. The second-order valence-corrected chi connectivity index (χ2v) is 12.1. The first-order chi connectivity index (χ1) is 19.6. The molecule has 0 bridgehead atoms. The summed E-state index contributed by atoms with van der Waals surface area (Å²) >= 11 is 0.